The Bertz CT molecular complexity index is 578. The Morgan fingerprint density at radius 2 is 2.24 bits per heavy atom. The molecule has 0 aromatic carbocycles. The number of rotatable bonds is 4. The number of nitrogens with one attached hydrogen (secondary N) is 1. The second-order valence-electron chi connectivity index (χ2n) is 3.77. The van der Waals surface area contributed by atoms with Crippen molar-refractivity contribution in [3.8, 4) is 0 Å². The van der Waals surface area contributed by atoms with Gasteiger partial charge in [-0.25, -0.2) is 14.8 Å². The molecule has 0 fully saturated rings. The van der Waals surface area contributed by atoms with Crippen molar-refractivity contribution >= 4 is 46.6 Å². The van der Waals surface area contributed by atoms with Gasteiger partial charge in [0, 0.05) is 16.0 Å². The lowest BCUT2D eigenvalue weighted by atomic mass is 10.2. The van der Waals surface area contributed by atoms with Crippen molar-refractivity contribution in [2.24, 2.45) is 4.99 Å². The van der Waals surface area contributed by atoms with Crippen molar-refractivity contribution in [3.63, 3.8) is 0 Å². The molecule has 0 unspecified atom stereocenters. The minimum atomic E-state index is -0.887. The lowest BCUT2D eigenvalue weighted by Gasteiger charge is -2.05. The molecule has 0 aliphatic rings. The highest BCUT2D eigenvalue weighted by molar-refractivity contribution is 14.1. The fraction of sp³-hybridized carbons (Fsp3) is 0.231. The molecule has 0 bridgehead atoms. The number of aliphatic hydroxyl groups is 1. The van der Waals surface area contributed by atoms with Crippen molar-refractivity contribution in [2.75, 3.05) is 6.61 Å². The number of aliphatic hydroxyl groups excluding tert-OH is 1. The summed E-state index contributed by atoms with van der Waals surface area (Å²) in [7, 11) is 0. The molecule has 0 saturated heterocycles. The van der Waals surface area contributed by atoms with E-state index in [1.165, 1.54) is 6.92 Å². The van der Waals surface area contributed by atoms with Gasteiger partial charge in [0.25, 0.3) is 5.91 Å². The van der Waals surface area contributed by atoms with Gasteiger partial charge in [-0.1, -0.05) is 0 Å². The number of amides is 2. The predicted octanol–water partition coefficient (Wildman–Crippen LogP) is 2.49. The molecule has 0 radical (unpaired) electrons. The van der Waals surface area contributed by atoms with Crippen LogP contribution in [0.3, 0.4) is 0 Å². The van der Waals surface area contributed by atoms with Crippen LogP contribution in [0.1, 0.15) is 13.8 Å². The summed E-state index contributed by atoms with van der Waals surface area (Å²) in [4.78, 5) is 31.0. The van der Waals surface area contributed by atoms with Gasteiger partial charge in [-0.05, 0) is 48.6 Å². The maximum atomic E-state index is 11.8. The molecular weight excluding hydrogens is 389 g/mol. The first-order chi connectivity index (χ1) is 9.93. The van der Waals surface area contributed by atoms with E-state index in [9.17, 15) is 14.7 Å². The molecule has 1 rings (SSSR count). The predicted molar refractivity (Wildman–Crippen MR) is 85.6 cm³/mol. The van der Waals surface area contributed by atoms with Crippen LogP contribution in [0.15, 0.2) is 34.7 Å². The second-order valence-corrected chi connectivity index (χ2v) is 5.01. The largest absolute Gasteiger partial charge is 0.512 e. The molecule has 2 amide bonds. The molecule has 0 spiro atoms. The maximum absolute atomic E-state index is 11.8. The number of carbonyl (C=O) groups excluding carboxylic acids is 2. The van der Waals surface area contributed by atoms with Gasteiger partial charge < -0.3 is 9.84 Å². The van der Waals surface area contributed by atoms with Crippen molar-refractivity contribution in [1.29, 1.82) is 0 Å². The highest BCUT2D eigenvalue weighted by Crippen LogP contribution is 2.10. The van der Waals surface area contributed by atoms with Crippen LogP contribution in [0.25, 0.3) is 0 Å². The van der Waals surface area contributed by atoms with Gasteiger partial charge >= 0.3 is 6.09 Å². The number of halogens is 1. The summed E-state index contributed by atoms with van der Waals surface area (Å²) in [6, 6.07) is 3.46. The molecule has 21 heavy (non-hydrogen) atoms. The number of nitrogens with zero attached hydrogens (tertiary/aromatic N) is 2. The zero-order valence-corrected chi connectivity index (χ0v) is 13.6. The van der Waals surface area contributed by atoms with Crippen molar-refractivity contribution in [1.82, 2.24) is 10.3 Å². The normalized spacial score (nSPS) is 12.0. The molecule has 112 valence electrons. The monoisotopic (exact) mass is 403 g/mol. The molecule has 0 saturated carbocycles. The Hall–Kier alpha value is -1.97. The Morgan fingerprint density at radius 3 is 2.76 bits per heavy atom. The number of allylic oxidation sites excluding steroid dienone is 1. The van der Waals surface area contributed by atoms with Gasteiger partial charge in [-0.15, -0.1) is 0 Å². The summed E-state index contributed by atoms with van der Waals surface area (Å²) in [6.07, 6.45) is 1.86. The topological polar surface area (TPSA) is 101 Å². The summed E-state index contributed by atoms with van der Waals surface area (Å²) in [5.74, 6) is -0.702. The third-order valence-electron chi connectivity index (χ3n) is 2.16. The Morgan fingerprint density at radius 1 is 1.52 bits per heavy atom. The molecule has 7 nitrogen and oxygen atoms in total. The summed E-state index contributed by atoms with van der Waals surface area (Å²) in [6.45, 7) is 3.06. The van der Waals surface area contributed by atoms with Gasteiger partial charge in [0.1, 0.15) is 5.76 Å². The molecule has 0 aliphatic carbocycles. The van der Waals surface area contributed by atoms with E-state index >= 15 is 0 Å². The third-order valence-corrected chi connectivity index (χ3v) is 2.80. The van der Waals surface area contributed by atoms with Gasteiger partial charge in [0.2, 0.25) is 0 Å². The first kappa shape index (κ1) is 17.1. The van der Waals surface area contributed by atoms with E-state index in [2.05, 4.69) is 37.3 Å². The molecule has 2 N–H and O–H groups in total. The first-order valence-electron chi connectivity index (χ1n) is 5.97. The zero-order valence-electron chi connectivity index (χ0n) is 11.5. The smallest absolute Gasteiger partial charge is 0.414 e. The molecule has 1 aromatic rings. The van der Waals surface area contributed by atoms with E-state index in [1.807, 2.05) is 5.32 Å². The van der Waals surface area contributed by atoms with Crippen LogP contribution in [-0.2, 0) is 9.53 Å². The minimum absolute atomic E-state index is 0.136. The Balaban J connectivity index is 2.84. The lowest BCUT2D eigenvalue weighted by molar-refractivity contribution is -0.116. The number of hydrogen-bond acceptors (Lipinski definition) is 6. The highest BCUT2D eigenvalue weighted by Gasteiger charge is 2.15. The van der Waals surface area contributed by atoms with Crippen LogP contribution in [0.2, 0.25) is 0 Å². The average molecular weight is 403 g/mol. The molecule has 0 atom stereocenters. The summed E-state index contributed by atoms with van der Waals surface area (Å²) < 4.78 is 5.53. The zero-order chi connectivity index (χ0) is 15.8. The van der Waals surface area contributed by atoms with E-state index in [0.717, 1.165) is 9.78 Å². The van der Waals surface area contributed by atoms with E-state index in [0.29, 0.717) is 5.82 Å². The number of imide groups is 1. The maximum Gasteiger partial charge on any atom is 0.414 e. The van der Waals surface area contributed by atoms with Crippen LogP contribution >= 0.6 is 22.6 Å². The number of hydrogen-bond donors (Lipinski definition) is 2. The van der Waals surface area contributed by atoms with Crippen molar-refractivity contribution < 1.29 is 19.4 Å². The number of carbonyl (C=O) groups is 2. The first-order valence-corrected chi connectivity index (χ1v) is 7.05. The average Bonchev–Trinajstić information content (AvgIpc) is 2.40. The number of ether oxygens (including phenoxy) is 1. The Kier molecular flexibility index (Phi) is 6.79. The number of aromatic nitrogens is 1. The summed E-state index contributed by atoms with van der Waals surface area (Å²) in [5, 5.41) is 11.5. The highest BCUT2D eigenvalue weighted by atomic mass is 127. The van der Waals surface area contributed by atoms with Crippen LogP contribution < -0.4 is 5.32 Å². The standard InChI is InChI=1S/C13H14IN3O4/c1-3-21-13(20)17-12(19)10(8(2)18)7-16-11-5-4-9(14)6-15-11/h4-7,18H,3H2,1-2H3,(H,17,19,20)/b10-8-,16-7?. The Labute approximate surface area is 135 Å². The number of aliphatic imine (C=N–C) groups is 1. The van der Waals surface area contributed by atoms with Crippen LogP contribution in [0.5, 0.6) is 0 Å². The number of alkyl carbamates (subject to hydrolysis) is 1. The minimum Gasteiger partial charge on any atom is -0.512 e. The fourth-order valence-corrected chi connectivity index (χ4v) is 1.54. The van der Waals surface area contributed by atoms with E-state index in [4.69, 9.17) is 0 Å². The third kappa shape index (κ3) is 5.90. The summed E-state index contributed by atoms with van der Waals surface area (Å²) in [5.41, 5.74) is -0.150. The quantitative estimate of drug-likeness (QED) is 0.348. The van der Waals surface area contributed by atoms with Gasteiger partial charge in [-0.2, -0.15) is 0 Å². The SMILES string of the molecule is CCOC(=O)NC(=O)/C(C=Nc1ccc(I)cn1)=C(/C)O. The van der Waals surface area contributed by atoms with Gasteiger partial charge in [0.15, 0.2) is 5.82 Å². The fourth-order valence-electron chi connectivity index (χ4n) is 1.22. The summed E-state index contributed by atoms with van der Waals surface area (Å²) >= 11 is 2.10. The van der Waals surface area contributed by atoms with Crippen molar-refractivity contribution in [2.45, 2.75) is 13.8 Å². The van der Waals surface area contributed by atoms with Crippen LogP contribution in [-0.4, -0.2) is 34.9 Å². The van der Waals surface area contributed by atoms with Crippen LogP contribution in [0.4, 0.5) is 10.6 Å². The molecule has 8 heteroatoms. The van der Waals surface area contributed by atoms with E-state index < -0.39 is 12.0 Å². The van der Waals surface area contributed by atoms with E-state index in [1.54, 1.807) is 25.3 Å². The van der Waals surface area contributed by atoms with Crippen molar-refractivity contribution in [3.05, 3.63) is 33.2 Å². The molecule has 0 aliphatic heterocycles. The van der Waals surface area contributed by atoms with Gasteiger partial charge in [-0.3, -0.25) is 10.1 Å². The number of pyridine rings is 1. The van der Waals surface area contributed by atoms with Gasteiger partial charge in [0.05, 0.1) is 12.2 Å². The van der Waals surface area contributed by atoms with E-state index in [-0.39, 0.29) is 17.9 Å². The van der Waals surface area contributed by atoms with Crippen LogP contribution in [0, 0.1) is 3.57 Å². The second kappa shape index (κ2) is 8.35. The molecular formula is C13H14IN3O4. The lowest BCUT2D eigenvalue weighted by Crippen LogP contribution is -2.33. The molecule has 1 aromatic heterocycles. The molecule has 1 heterocycles.